The average molecular weight is 258 g/mol. The first-order valence-corrected chi connectivity index (χ1v) is 5.31. The van der Waals surface area contributed by atoms with Crippen LogP contribution in [0.2, 0.25) is 0 Å². The Labute approximate surface area is 103 Å². The van der Waals surface area contributed by atoms with Crippen molar-refractivity contribution in [3.8, 4) is 0 Å². The van der Waals surface area contributed by atoms with E-state index in [1.807, 2.05) is 0 Å². The first-order valence-electron chi connectivity index (χ1n) is 5.31. The third-order valence-electron chi connectivity index (χ3n) is 2.44. The minimum absolute atomic E-state index is 0.162. The molecule has 2 rings (SSSR count). The standard InChI is InChI=1S/2C5H7NO3/c2*1-6-3-2-4(7)9-5(3)8/h2*3,6H,2H2,1H3/t2*3-/m10/s1. The summed E-state index contributed by atoms with van der Waals surface area (Å²) in [5.41, 5.74) is 0. The molecule has 0 unspecified atom stereocenters. The van der Waals surface area contributed by atoms with E-state index in [0.717, 1.165) is 0 Å². The van der Waals surface area contributed by atoms with Gasteiger partial charge in [-0.15, -0.1) is 0 Å². The van der Waals surface area contributed by atoms with Crippen molar-refractivity contribution in [1.29, 1.82) is 0 Å². The van der Waals surface area contributed by atoms with E-state index in [2.05, 4.69) is 20.1 Å². The Balaban J connectivity index is 0.000000180. The molecule has 8 heteroatoms. The molecule has 18 heavy (non-hydrogen) atoms. The number of rotatable bonds is 2. The van der Waals surface area contributed by atoms with Gasteiger partial charge in [0, 0.05) is 0 Å². The van der Waals surface area contributed by atoms with Crippen molar-refractivity contribution in [1.82, 2.24) is 10.6 Å². The molecule has 2 heterocycles. The number of ether oxygens (including phenoxy) is 2. The first kappa shape index (κ1) is 14.3. The Morgan fingerprint density at radius 3 is 1.28 bits per heavy atom. The summed E-state index contributed by atoms with van der Waals surface area (Å²) in [6.45, 7) is 0. The molecule has 100 valence electrons. The van der Waals surface area contributed by atoms with Gasteiger partial charge in [-0.1, -0.05) is 0 Å². The zero-order valence-electron chi connectivity index (χ0n) is 10.0. The topological polar surface area (TPSA) is 111 Å². The summed E-state index contributed by atoms with van der Waals surface area (Å²) < 4.78 is 8.45. The molecule has 2 N–H and O–H groups in total. The molecule has 0 aromatic heterocycles. The van der Waals surface area contributed by atoms with Gasteiger partial charge >= 0.3 is 23.9 Å². The molecule has 0 saturated carbocycles. The summed E-state index contributed by atoms with van der Waals surface area (Å²) in [6, 6.07) is -0.838. The molecular weight excluding hydrogens is 244 g/mol. The number of hydrogen-bond acceptors (Lipinski definition) is 8. The minimum Gasteiger partial charge on any atom is -0.392 e. The van der Waals surface area contributed by atoms with E-state index in [9.17, 15) is 19.2 Å². The largest absolute Gasteiger partial charge is 0.392 e. The quantitative estimate of drug-likeness (QED) is 0.436. The van der Waals surface area contributed by atoms with Gasteiger partial charge in [0.1, 0.15) is 12.1 Å². The average Bonchev–Trinajstić information content (AvgIpc) is 2.81. The summed E-state index contributed by atoms with van der Waals surface area (Å²) in [5.74, 6) is -1.83. The fourth-order valence-electron chi connectivity index (χ4n) is 1.39. The highest BCUT2D eigenvalue weighted by atomic mass is 16.6. The zero-order chi connectivity index (χ0) is 13.7. The van der Waals surface area contributed by atoms with E-state index < -0.39 is 36.0 Å². The van der Waals surface area contributed by atoms with Crippen LogP contribution in [0.4, 0.5) is 0 Å². The maximum atomic E-state index is 10.5. The Bertz CT molecular complexity index is 345. The molecule has 0 bridgehead atoms. The lowest BCUT2D eigenvalue weighted by Crippen LogP contribution is -2.29. The summed E-state index contributed by atoms with van der Waals surface area (Å²) in [7, 11) is 3.23. The van der Waals surface area contributed by atoms with Crippen LogP contribution in [0.25, 0.3) is 0 Å². The van der Waals surface area contributed by atoms with Gasteiger partial charge in [-0.2, -0.15) is 0 Å². The molecule has 0 aliphatic carbocycles. The van der Waals surface area contributed by atoms with E-state index in [1.165, 1.54) is 0 Å². The SMILES string of the molecule is CN[C@@H]1CC(=O)OC1=O.CN[C@H]1CC(=O)OC1=O. The molecule has 2 atom stereocenters. The number of likely N-dealkylation sites (N-methyl/N-ethyl adjacent to an activating group) is 2. The number of nitrogens with one attached hydrogen (secondary N) is 2. The highest BCUT2D eigenvalue weighted by molar-refractivity contribution is 5.97. The van der Waals surface area contributed by atoms with E-state index in [0.29, 0.717) is 0 Å². The second kappa shape index (κ2) is 6.22. The number of hydrogen-bond donors (Lipinski definition) is 2. The van der Waals surface area contributed by atoms with Crippen LogP contribution in [0, 0.1) is 0 Å². The van der Waals surface area contributed by atoms with Crippen LogP contribution in [0.3, 0.4) is 0 Å². The Kier molecular flexibility index (Phi) is 4.93. The van der Waals surface area contributed by atoms with Gasteiger partial charge < -0.3 is 20.1 Å². The van der Waals surface area contributed by atoms with Crippen LogP contribution < -0.4 is 10.6 Å². The van der Waals surface area contributed by atoms with Gasteiger partial charge in [0.15, 0.2) is 0 Å². The highest BCUT2D eigenvalue weighted by Gasteiger charge is 2.32. The molecule has 2 aliphatic heterocycles. The van der Waals surface area contributed by atoms with Crippen LogP contribution >= 0.6 is 0 Å². The first-order chi connectivity index (χ1) is 8.47. The summed E-state index contributed by atoms with van der Waals surface area (Å²) in [4.78, 5) is 41.7. The lowest BCUT2D eigenvalue weighted by molar-refractivity contribution is -0.154. The van der Waals surface area contributed by atoms with Gasteiger partial charge in [0.2, 0.25) is 0 Å². The number of cyclic esters (lactones) is 4. The van der Waals surface area contributed by atoms with Crippen molar-refractivity contribution in [2.45, 2.75) is 24.9 Å². The molecule has 0 radical (unpaired) electrons. The molecule has 0 aromatic carbocycles. The molecule has 0 amide bonds. The van der Waals surface area contributed by atoms with Crippen molar-refractivity contribution < 1.29 is 28.7 Å². The fraction of sp³-hybridized carbons (Fsp3) is 0.600. The second-order valence-corrected chi connectivity index (χ2v) is 3.68. The van der Waals surface area contributed by atoms with Crippen LogP contribution in [-0.4, -0.2) is 50.1 Å². The van der Waals surface area contributed by atoms with Gasteiger partial charge in [0.05, 0.1) is 12.8 Å². The van der Waals surface area contributed by atoms with E-state index >= 15 is 0 Å². The van der Waals surface area contributed by atoms with Crippen LogP contribution in [-0.2, 0) is 28.7 Å². The van der Waals surface area contributed by atoms with Gasteiger partial charge in [0.25, 0.3) is 0 Å². The predicted octanol–water partition coefficient (Wildman–Crippen LogP) is -1.90. The smallest absolute Gasteiger partial charge is 0.331 e. The fourth-order valence-corrected chi connectivity index (χ4v) is 1.39. The van der Waals surface area contributed by atoms with Crippen LogP contribution in [0.5, 0.6) is 0 Å². The van der Waals surface area contributed by atoms with Crippen LogP contribution in [0.1, 0.15) is 12.8 Å². The van der Waals surface area contributed by atoms with Crippen molar-refractivity contribution in [2.24, 2.45) is 0 Å². The third-order valence-corrected chi connectivity index (χ3v) is 2.44. The molecule has 0 spiro atoms. The highest BCUT2D eigenvalue weighted by Crippen LogP contribution is 2.06. The Morgan fingerprint density at radius 2 is 1.17 bits per heavy atom. The third kappa shape index (κ3) is 3.60. The van der Waals surface area contributed by atoms with Crippen molar-refractivity contribution >= 4 is 23.9 Å². The van der Waals surface area contributed by atoms with Crippen molar-refractivity contribution in [2.75, 3.05) is 14.1 Å². The van der Waals surface area contributed by atoms with Crippen LogP contribution in [0.15, 0.2) is 0 Å². The van der Waals surface area contributed by atoms with Crippen molar-refractivity contribution in [3.05, 3.63) is 0 Å². The molecule has 0 aromatic rings. The van der Waals surface area contributed by atoms with E-state index in [1.54, 1.807) is 14.1 Å². The molecule has 2 fully saturated rings. The predicted molar refractivity (Wildman–Crippen MR) is 57.1 cm³/mol. The van der Waals surface area contributed by atoms with Gasteiger partial charge in [-0.25, -0.2) is 9.59 Å². The van der Waals surface area contributed by atoms with E-state index in [-0.39, 0.29) is 12.8 Å². The maximum Gasteiger partial charge on any atom is 0.331 e. The van der Waals surface area contributed by atoms with Crippen molar-refractivity contribution in [3.63, 3.8) is 0 Å². The van der Waals surface area contributed by atoms with Gasteiger partial charge in [-0.05, 0) is 14.1 Å². The Hall–Kier alpha value is -1.80. The number of carbonyl (C=O) groups excluding carboxylic acids is 4. The molecular formula is C10H14N2O6. The molecule has 8 nitrogen and oxygen atoms in total. The number of esters is 4. The zero-order valence-corrected chi connectivity index (χ0v) is 10.0. The second-order valence-electron chi connectivity index (χ2n) is 3.68. The summed E-state index contributed by atoms with van der Waals surface area (Å²) >= 11 is 0. The number of carbonyl (C=O) groups is 4. The lowest BCUT2D eigenvalue weighted by atomic mass is 10.2. The molecule has 2 saturated heterocycles. The molecule has 2 aliphatic rings. The monoisotopic (exact) mass is 258 g/mol. The Morgan fingerprint density at radius 1 is 0.833 bits per heavy atom. The maximum absolute atomic E-state index is 10.5. The minimum atomic E-state index is -0.470. The summed E-state index contributed by atoms with van der Waals surface area (Å²) in [6.07, 6.45) is 0.324. The van der Waals surface area contributed by atoms with E-state index in [4.69, 9.17) is 0 Å². The summed E-state index contributed by atoms with van der Waals surface area (Å²) in [5, 5.41) is 5.30. The van der Waals surface area contributed by atoms with Gasteiger partial charge in [-0.3, -0.25) is 9.59 Å². The normalized spacial score (nSPS) is 26.6. The lowest BCUT2D eigenvalue weighted by Gasteiger charge is -1.97.